The van der Waals surface area contributed by atoms with Crippen molar-refractivity contribution in [1.82, 2.24) is 24.1 Å². The second-order valence-corrected chi connectivity index (χ2v) is 7.98. The minimum absolute atomic E-state index is 0.0666. The van der Waals surface area contributed by atoms with E-state index in [4.69, 9.17) is 0 Å². The molecule has 3 aromatic rings. The Morgan fingerprint density at radius 1 is 1.22 bits per heavy atom. The van der Waals surface area contributed by atoms with Gasteiger partial charge in [-0.2, -0.15) is 0 Å². The molecule has 0 bridgehead atoms. The first-order valence-electron chi connectivity index (χ1n) is 9.37. The van der Waals surface area contributed by atoms with Crippen LogP contribution < -0.4 is 5.56 Å². The number of nitrogens with zero attached hydrogens (tertiary/aromatic N) is 5. The number of para-hydroxylation sites is 1. The van der Waals surface area contributed by atoms with E-state index >= 15 is 0 Å². The Hall–Kier alpha value is -2.35. The highest BCUT2D eigenvalue weighted by Gasteiger charge is 2.22. The predicted molar refractivity (Wildman–Crippen MR) is 106 cm³/mol. The Balaban J connectivity index is 1.66. The summed E-state index contributed by atoms with van der Waals surface area (Å²) in [6.07, 6.45) is 2.13. The van der Waals surface area contributed by atoms with Crippen molar-refractivity contribution in [2.24, 2.45) is 5.92 Å². The number of benzene rings is 1. The highest BCUT2D eigenvalue weighted by Crippen LogP contribution is 2.23. The van der Waals surface area contributed by atoms with Crippen molar-refractivity contribution >= 4 is 34.3 Å². The first-order chi connectivity index (χ1) is 13.1. The zero-order chi connectivity index (χ0) is 19.0. The monoisotopic (exact) mass is 385 g/mol. The third-order valence-corrected chi connectivity index (χ3v) is 6.17. The highest BCUT2D eigenvalue weighted by molar-refractivity contribution is 7.99. The van der Waals surface area contributed by atoms with E-state index in [1.807, 2.05) is 40.5 Å². The van der Waals surface area contributed by atoms with Crippen LogP contribution in [0.25, 0.3) is 16.7 Å². The fourth-order valence-electron chi connectivity index (χ4n) is 3.59. The van der Waals surface area contributed by atoms with Crippen LogP contribution in [0.3, 0.4) is 0 Å². The van der Waals surface area contributed by atoms with E-state index in [0.717, 1.165) is 31.4 Å². The van der Waals surface area contributed by atoms with Crippen molar-refractivity contribution in [1.29, 1.82) is 0 Å². The average Bonchev–Trinajstić information content (AvgIpc) is 3.11. The fourth-order valence-corrected chi connectivity index (χ4v) is 4.43. The van der Waals surface area contributed by atoms with Crippen LogP contribution in [0.15, 0.2) is 34.2 Å². The number of thioether (sulfide) groups is 1. The zero-order valence-corrected chi connectivity index (χ0v) is 16.4. The first-order valence-corrected chi connectivity index (χ1v) is 10.4. The second-order valence-electron chi connectivity index (χ2n) is 7.04. The standard InChI is InChI=1S/C19H23N5O2S/c1-3-23-17(26)14-6-4-5-7-15(14)24-18(23)20-21-19(24)27-12-16(25)22-10-8-13(2)9-11-22/h4-7,13H,3,8-12H2,1-2H3. The number of hydrogen-bond acceptors (Lipinski definition) is 5. The molecule has 142 valence electrons. The van der Waals surface area contributed by atoms with E-state index in [9.17, 15) is 9.59 Å². The van der Waals surface area contributed by atoms with Crippen molar-refractivity contribution in [2.45, 2.75) is 38.4 Å². The molecule has 0 radical (unpaired) electrons. The first kappa shape index (κ1) is 18.0. The lowest BCUT2D eigenvalue weighted by atomic mass is 9.99. The Morgan fingerprint density at radius 3 is 2.70 bits per heavy atom. The lowest BCUT2D eigenvalue weighted by Crippen LogP contribution is -2.38. The number of carbonyl (C=O) groups excluding carboxylic acids is 1. The molecule has 4 rings (SSSR count). The van der Waals surface area contributed by atoms with E-state index < -0.39 is 0 Å². The number of piperidine rings is 1. The van der Waals surface area contributed by atoms with Crippen molar-refractivity contribution < 1.29 is 4.79 Å². The minimum Gasteiger partial charge on any atom is -0.342 e. The minimum atomic E-state index is -0.0666. The van der Waals surface area contributed by atoms with Gasteiger partial charge in [-0.3, -0.25) is 18.6 Å². The molecule has 1 aliphatic heterocycles. The van der Waals surface area contributed by atoms with Crippen LogP contribution in [0.4, 0.5) is 0 Å². The lowest BCUT2D eigenvalue weighted by Gasteiger charge is -2.30. The van der Waals surface area contributed by atoms with Crippen LogP contribution in [0.1, 0.15) is 26.7 Å². The summed E-state index contributed by atoms with van der Waals surface area (Å²) in [5, 5.41) is 9.77. The number of fused-ring (bicyclic) bond motifs is 3. The summed E-state index contributed by atoms with van der Waals surface area (Å²) in [7, 11) is 0. The van der Waals surface area contributed by atoms with Gasteiger partial charge >= 0.3 is 0 Å². The SMILES string of the molecule is CCn1c(=O)c2ccccc2n2c(SCC(=O)N3CCC(C)CC3)nnc12. The van der Waals surface area contributed by atoms with Gasteiger partial charge in [-0.1, -0.05) is 30.8 Å². The molecule has 0 atom stereocenters. The summed E-state index contributed by atoms with van der Waals surface area (Å²) in [5.41, 5.74) is 0.706. The van der Waals surface area contributed by atoms with Crippen LogP contribution in [-0.4, -0.2) is 48.8 Å². The van der Waals surface area contributed by atoms with Crippen LogP contribution in [0.5, 0.6) is 0 Å². The van der Waals surface area contributed by atoms with Crippen molar-refractivity contribution in [2.75, 3.05) is 18.8 Å². The van der Waals surface area contributed by atoms with E-state index in [1.165, 1.54) is 11.8 Å². The molecule has 27 heavy (non-hydrogen) atoms. The van der Waals surface area contributed by atoms with Gasteiger partial charge < -0.3 is 4.90 Å². The number of aryl methyl sites for hydroxylation is 1. The number of aromatic nitrogens is 4. The third-order valence-electron chi connectivity index (χ3n) is 5.26. The summed E-state index contributed by atoms with van der Waals surface area (Å²) in [6.45, 7) is 6.33. The van der Waals surface area contributed by atoms with E-state index in [0.29, 0.717) is 34.5 Å². The molecule has 1 fully saturated rings. The molecule has 1 aromatic carbocycles. The molecule has 1 amide bonds. The summed E-state index contributed by atoms with van der Waals surface area (Å²) in [4.78, 5) is 27.2. The van der Waals surface area contributed by atoms with Gasteiger partial charge in [-0.25, -0.2) is 0 Å². The number of hydrogen-bond donors (Lipinski definition) is 0. The van der Waals surface area contributed by atoms with Gasteiger partial charge in [-0.15, -0.1) is 10.2 Å². The largest absolute Gasteiger partial charge is 0.342 e. The van der Waals surface area contributed by atoms with Gasteiger partial charge in [0.15, 0.2) is 5.16 Å². The van der Waals surface area contributed by atoms with E-state index in [-0.39, 0.29) is 11.5 Å². The maximum absolute atomic E-state index is 12.7. The smallest absolute Gasteiger partial charge is 0.262 e. The predicted octanol–water partition coefficient (Wildman–Crippen LogP) is 2.41. The van der Waals surface area contributed by atoms with E-state index in [2.05, 4.69) is 17.1 Å². The molecule has 8 heteroatoms. The quantitative estimate of drug-likeness (QED) is 0.645. The fraction of sp³-hybridized carbons (Fsp3) is 0.474. The molecule has 0 N–H and O–H groups in total. The number of amides is 1. The molecule has 0 unspecified atom stereocenters. The molecule has 0 saturated carbocycles. The van der Waals surface area contributed by atoms with Gasteiger partial charge in [0.1, 0.15) is 0 Å². The molecule has 3 heterocycles. The molecular formula is C19H23N5O2S. The Kier molecular flexibility index (Phi) is 4.90. The summed E-state index contributed by atoms with van der Waals surface area (Å²) in [5.74, 6) is 1.67. The number of likely N-dealkylation sites (tertiary alicyclic amines) is 1. The summed E-state index contributed by atoms with van der Waals surface area (Å²) < 4.78 is 3.50. The Labute approximate surface area is 161 Å². The van der Waals surface area contributed by atoms with Crippen molar-refractivity contribution in [3.8, 4) is 0 Å². The normalized spacial score (nSPS) is 15.7. The molecule has 7 nitrogen and oxygen atoms in total. The Morgan fingerprint density at radius 2 is 1.96 bits per heavy atom. The summed E-state index contributed by atoms with van der Waals surface area (Å²) in [6, 6.07) is 7.46. The van der Waals surface area contributed by atoms with E-state index in [1.54, 1.807) is 4.57 Å². The molecule has 0 aliphatic carbocycles. The van der Waals surface area contributed by atoms with Crippen LogP contribution in [0.2, 0.25) is 0 Å². The molecule has 1 aliphatic rings. The topological polar surface area (TPSA) is 72.5 Å². The second kappa shape index (κ2) is 7.34. The molecular weight excluding hydrogens is 362 g/mol. The van der Waals surface area contributed by atoms with Crippen LogP contribution in [-0.2, 0) is 11.3 Å². The lowest BCUT2D eigenvalue weighted by molar-refractivity contribution is -0.129. The van der Waals surface area contributed by atoms with Gasteiger partial charge in [0.25, 0.3) is 5.56 Å². The van der Waals surface area contributed by atoms with Crippen molar-refractivity contribution in [3.63, 3.8) is 0 Å². The maximum atomic E-state index is 12.7. The zero-order valence-electron chi connectivity index (χ0n) is 15.6. The highest BCUT2D eigenvalue weighted by atomic mass is 32.2. The molecule has 0 spiro atoms. The van der Waals surface area contributed by atoms with Gasteiger partial charge in [0, 0.05) is 19.6 Å². The average molecular weight is 385 g/mol. The molecule has 1 saturated heterocycles. The van der Waals surface area contributed by atoms with Crippen LogP contribution in [0, 0.1) is 5.92 Å². The van der Waals surface area contributed by atoms with Gasteiger partial charge in [0.2, 0.25) is 11.7 Å². The van der Waals surface area contributed by atoms with Crippen molar-refractivity contribution in [3.05, 3.63) is 34.6 Å². The van der Waals surface area contributed by atoms with Gasteiger partial charge in [-0.05, 0) is 37.8 Å². The van der Waals surface area contributed by atoms with Gasteiger partial charge in [0.05, 0.1) is 16.7 Å². The number of rotatable bonds is 4. The Bertz CT molecular complexity index is 1050. The molecule has 2 aromatic heterocycles. The van der Waals surface area contributed by atoms with Crippen LogP contribution >= 0.6 is 11.8 Å². The summed E-state index contributed by atoms with van der Waals surface area (Å²) >= 11 is 1.38. The number of carbonyl (C=O) groups is 1. The third kappa shape index (κ3) is 3.22. The maximum Gasteiger partial charge on any atom is 0.262 e.